The molecule has 0 heterocycles. The van der Waals surface area contributed by atoms with Gasteiger partial charge in [-0.1, -0.05) is 30.9 Å². The van der Waals surface area contributed by atoms with Gasteiger partial charge in [0.05, 0.1) is 6.61 Å². The maximum Gasteiger partial charge on any atom is 0.125 e. The number of halogens is 1. The summed E-state index contributed by atoms with van der Waals surface area (Å²) in [7, 11) is 0. The molecule has 0 N–H and O–H groups in total. The second-order valence-corrected chi connectivity index (χ2v) is 6.63. The molecule has 1 aromatic rings. The molecule has 0 radical (unpaired) electrons. The van der Waals surface area contributed by atoms with Crippen LogP contribution in [0, 0.1) is 19.3 Å². The summed E-state index contributed by atoms with van der Waals surface area (Å²) < 4.78 is 6.15. The Hall–Kier alpha value is -0.340. The molecule has 0 spiro atoms. The highest BCUT2D eigenvalue weighted by molar-refractivity contribution is 7.80. The van der Waals surface area contributed by atoms with Crippen LogP contribution in [0.4, 0.5) is 0 Å². The first-order chi connectivity index (χ1) is 9.06. The molecule has 0 aliphatic heterocycles. The predicted octanol–water partition coefficient (Wildman–Crippen LogP) is 5.22. The molecule has 3 heteroatoms. The summed E-state index contributed by atoms with van der Waals surface area (Å²) in [6.07, 6.45) is 6.45. The predicted molar refractivity (Wildman–Crippen MR) is 85.8 cm³/mol. The lowest BCUT2D eigenvalue weighted by atomic mass is 9.76. The molecule has 0 saturated heterocycles. The van der Waals surface area contributed by atoms with E-state index in [1.54, 1.807) is 0 Å². The Morgan fingerprint density at radius 2 is 1.74 bits per heavy atom. The average Bonchev–Trinajstić information content (AvgIpc) is 2.38. The summed E-state index contributed by atoms with van der Waals surface area (Å²) in [5, 5.41) is 0.781. The summed E-state index contributed by atoms with van der Waals surface area (Å²) in [5.74, 6) is 1.91. The number of benzene rings is 1. The zero-order valence-electron chi connectivity index (χ0n) is 11.8. The summed E-state index contributed by atoms with van der Waals surface area (Å²) in [5.41, 5.74) is 2.50. The molecule has 0 unspecified atom stereocenters. The van der Waals surface area contributed by atoms with Crippen LogP contribution in [0.3, 0.4) is 0 Å². The van der Waals surface area contributed by atoms with E-state index in [1.807, 2.05) is 12.1 Å². The van der Waals surface area contributed by atoms with Crippen LogP contribution in [0.25, 0.3) is 0 Å². The van der Waals surface area contributed by atoms with Crippen molar-refractivity contribution in [3.8, 4) is 5.75 Å². The minimum absolute atomic E-state index is 0.264. The van der Waals surface area contributed by atoms with Gasteiger partial charge >= 0.3 is 0 Å². The van der Waals surface area contributed by atoms with Gasteiger partial charge < -0.3 is 4.74 Å². The lowest BCUT2D eigenvalue weighted by Gasteiger charge is -2.36. The minimum Gasteiger partial charge on any atom is -0.492 e. The zero-order valence-corrected chi connectivity index (χ0v) is 13.5. The molecule has 1 aromatic carbocycles. The third-order valence-corrected chi connectivity index (χ3v) is 5.09. The lowest BCUT2D eigenvalue weighted by molar-refractivity contribution is 0.120. The number of hydrogen-bond acceptors (Lipinski definition) is 2. The first-order valence-electron chi connectivity index (χ1n) is 7.07. The SMILES string of the molecule is Cc1cc(Cl)cc(C)c1OCC1(CS)CCCCC1. The van der Waals surface area contributed by atoms with E-state index in [0.717, 1.165) is 34.3 Å². The molecule has 1 aliphatic carbocycles. The van der Waals surface area contributed by atoms with E-state index in [1.165, 1.54) is 32.1 Å². The topological polar surface area (TPSA) is 9.23 Å². The number of rotatable bonds is 4. The van der Waals surface area contributed by atoms with E-state index in [-0.39, 0.29) is 5.41 Å². The molecule has 1 fully saturated rings. The normalized spacial score (nSPS) is 18.3. The fourth-order valence-corrected chi connectivity index (χ4v) is 3.74. The van der Waals surface area contributed by atoms with Crippen molar-refractivity contribution in [1.82, 2.24) is 0 Å². The Labute approximate surface area is 127 Å². The van der Waals surface area contributed by atoms with Crippen molar-refractivity contribution in [2.75, 3.05) is 12.4 Å². The van der Waals surface area contributed by atoms with E-state index in [4.69, 9.17) is 16.3 Å². The first kappa shape index (κ1) is 15.1. The Morgan fingerprint density at radius 1 is 1.16 bits per heavy atom. The van der Waals surface area contributed by atoms with Crippen LogP contribution >= 0.6 is 24.2 Å². The van der Waals surface area contributed by atoms with Crippen LogP contribution in [-0.4, -0.2) is 12.4 Å². The van der Waals surface area contributed by atoms with E-state index in [0.29, 0.717) is 0 Å². The first-order valence-corrected chi connectivity index (χ1v) is 8.08. The van der Waals surface area contributed by atoms with Gasteiger partial charge in [-0.25, -0.2) is 0 Å². The highest BCUT2D eigenvalue weighted by Gasteiger charge is 2.31. The van der Waals surface area contributed by atoms with E-state index < -0.39 is 0 Å². The summed E-state index contributed by atoms with van der Waals surface area (Å²) in [6, 6.07) is 3.94. The Kier molecular flexibility index (Phi) is 5.08. The maximum absolute atomic E-state index is 6.15. The van der Waals surface area contributed by atoms with Crippen molar-refractivity contribution < 1.29 is 4.74 Å². The van der Waals surface area contributed by atoms with Crippen LogP contribution < -0.4 is 4.74 Å². The quantitative estimate of drug-likeness (QED) is 0.750. The van der Waals surface area contributed by atoms with Crippen LogP contribution in [0.15, 0.2) is 12.1 Å². The molecule has 19 heavy (non-hydrogen) atoms. The van der Waals surface area contributed by atoms with Crippen LogP contribution in [0.5, 0.6) is 5.75 Å². The summed E-state index contributed by atoms with van der Waals surface area (Å²) in [4.78, 5) is 0. The van der Waals surface area contributed by atoms with Gasteiger partial charge in [0.25, 0.3) is 0 Å². The maximum atomic E-state index is 6.15. The van der Waals surface area contributed by atoms with Crippen molar-refractivity contribution in [3.63, 3.8) is 0 Å². The van der Waals surface area contributed by atoms with E-state index in [2.05, 4.69) is 26.5 Å². The summed E-state index contributed by atoms with van der Waals surface area (Å²) in [6.45, 7) is 4.89. The van der Waals surface area contributed by atoms with Crippen LogP contribution in [-0.2, 0) is 0 Å². The van der Waals surface area contributed by atoms with Crippen LogP contribution in [0.1, 0.15) is 43.2 Å². The van der Waals surface area contributed by atoms with Crippen LogP contribution in [0.2, 0.25) is 5.02 Å². The molecule has 0 aromatic heterocycles. The molecule has 1 aliphatic rings. The molecule has 0 bridgehead atoms. The second-order valence-electron chi connectivity index (χ2n) is 5.88. The fraction of sp³-hybridized carbons (Fsp3) is 0.625. The number of ether oxygens (including phenoxy) is 1. The zero-order chi connectivity index (χ0) is 13.9. The lowest BCUT2D eigenvalue weighted by Crippen LogP contribution is -2.33. The number of aryl methyl sites for hydroxylation is 2. The Bertz CT molecular complexity index is 415. The van der Waals surface area contributed by atoms with Gasteiger partial charge in [-0.15, -0.1) is 0 Å². The Morgan fingerprint density at radius 3 is 2.26 bits per heavy atom. The van der Waals surface area contributed by atoms with Crippen molar-refractivity contribution in [1.29, 1.82) is 0 Å². The van der Waals surface area contributed by atoms with Gasteiger partial charge in [-0.05, 0) is 55.7 Å². The molecule has 1 saturated carbocycles. The fourth-order valence-electron chi connectivity index (χ4n) is 3.00. The molecule has 1 nitrogen and oxygen atoms in total. The largest absolute Gasteiger partial charge is 0.492 e. The van der Waals surface area contributed by atoms with Gasteiger partial charge in [0.2, 0.25) is 0 Å². The van der Waals surface area contributed by atoms with Gasteiger partial charge in [0, 0.05) is 10.4 Å². The number of thiol groups is 1. The van der Waals surface area contributed by atoms with Gasteiger partial charge in [-0.3, -0.25) is 0 Å². The monoisotopic (exact) mass is 298 g/mol. The highest BCUT2D eigenvalue weighted by Crippen LogP contribution is 2.38. The molecule has 0 atom stereocenters. The van der Waals surface area contributed by atoms with Crippen molar-refractivity contribution in [2.45, 2.75) is 46.0 Å². The highest BCUT2D eigenvalue weighted by atomic mass is 35.5. The van der Waals surface area contributed by atoms with Gasteiger partial charge in [-0.2, -0.15) is 12.6 Å². The molecular formula is C16H23ClOS. The molecule has 0 amide bonds. The molecular weight excluding hydrogens is 276 g/mol. The van der Waals surface area contributed by atoms with Crippen molar-refractivity contribution in [2.24, 2.45) is 5.41 Å². The standard InChI is InChI=1S/C16H23ClOS/c1-12-8-14(17)9-13(2)15(12)18-10-16(11-19)6-4-3-5-7-16/h8-9,19H,3-7,10-11H2,1-2H3. The second kappa shape index (κ2) is 6.41. The van der Waals surface area contributed by atoms with E-state index >= 15 is 0 Å². The summed E-state index contributed by atoms with van der Waals surface area (Å²) >= 11 is 10.6. The molecule has 2 rings (SSSR count). The molecule has 106 valence electrons. The smallest absolute Gasteiger partial charge is 0.125 e. The van der Waals surface area contributed by atoms with Crippen molar-refractivity contribution in [3.05, 3.63) is 28.3 Å². The average molecular weight is 299 g/mol. The Balaban J connectivity index is 2.09. The van der Waals surface area contributed by atoms with Crippen molar-refractivity contribution >= 4 is 24.2 Å². The van der Waals surface area contributed by atoms with Gasteiger partial charge in [0.15, 0.2) is 0 Å². The third kappa shape index (κ3) is 3.61. The minimum atomic E-state index is 0.264. The van der Waals surface area contributed by atoms with E-state index in [9.17, 15) is 0 Å². The number of hydrogen-bond donors (Lipinski definition) is 1. The third-order valence-electron chi connectivity index (χ3n) is 4.20. The van der Waals surface area contributed by atoms with Gasteiger partial charge in [0.1, 0.15) is 5.75 Å².